The molecule has 0 spiro atoms. The van der Waals surface area contributed by atoms with Crippen LogP contribution in [0.5, 0.6) is 0 Å². The molecule has 1 aromatic carbocycles. The first-order valence-electron chi connectivity index (χ1n) is 5.64. The molecular formula is C13H11ClFNO2S. The highest BCUT2D eigenvalue weighted by Crippen LogP contribution is 2.22. The SMILES string of the molecule is O=C(O)CCc1csc(Cc2cccc(Cl)c2F)n1. The highest BCUT2D eigenvalue weighted by atomic mass is 35.5. The van der Waals surface area contributed by atoms with Gasteiger partial charge in [-0.25, -0.2) is 9.37 Å². The number of carboxylic acid groups (broad SMARTS) is 1. The van der Waals surface area contributed by atoms with Crippen LogP contribution < -0.4 is 0 Å². The number of aromatic nitrogens is 1. The molecule has 0 unspecified atom stereocenters. The normalized spacial score (nSPS) is 10.6. The van der Waals surface area contributed by atoms with Gasteiger partial charge in [-0.3, -0.25) is 4.79 Å². The Morgan fingerprint density at radius 3 is 3.00 bits per heavy atom. The molecule has 0 fully saturated rings. The van der Waals surface area contributed by atoms with E-state index < -0.39 is 11.8 Å². The summed E-state index contributed by atoms with van der Waals surface area (Å²) in [6.07, 6.45) is 0.808. The van der Waals surface area contributed by atoms with Crippen LogP contribution in [0, 0.1) is 5.82 Å². The lowest BCUT2D eigenvalue weighted by Crippen LogP contribution is -1.98. The smallest absolute Gasteiger partial charge is 0.303 e. The third kappa shape index (κ3) is 3.75. The number of rotatable bonds is 5. The van der Waals surface area contributed by atoms with E-state index in [-0.39, 0.29) is 11.4 Å². The fourth-order valence-electron chi connectivity index (χ4n) is 1.63. The van der Waals surface area contributed by atoms with Gasteiger partial charge in [-0.1, -0.05) is 23.7 Å². The maximum atomic E-state index is 13.7. The van der Waals surface area contributed by atoms with Crippen LogP contribution in [0.1, 0.15) is 22.7 Å². The summed E-state index contributed by atoms with van der Waals surface area (Å²) in [6.45, 7) is 0. The second-order valence-electron chi connectivity index (χ2n) is 4.02. The van der Waals surface area contributed by atoms with E-state index in [0.717, 1.165) is 10.7 Å². The number of hydrogen-bond donors (Lipinski definition) is 1. The van der Waals surface area contributed by atoms with Crippen molar-refractivity contribution >= 4 is 28.9 Å². The summed E-state index contributed by atoms with van der Waals surface area (Å²) < 4.78 is 13.7. The van der Waals surface area contributed by atoms with Crippen molar-refractivity contribution in [1.82, 2.24) is 4.98 Å². The molecule has 0 amide bonds. The minimum Gasteiger partial charge on any atom is -0.481 e. The Balaban J connectivity index is 2.07. The number of aryl methyl sites for hydroxylation is 1. The lowest BCUT2D eigenvalue weighted by Gasteiger charge is -2.01. The van der Waals surface area contributed by atoms with Crippen LogP contribution in [-0.2, 0) is 17.6 Å². The van der Waals surface area contributed by atoms with E-state index >= 15 is 0 Å². The molecule has 1 aromatic heterocycles. The fraction of sp³-hybridized carbons (Fsp3) is 0.231. The molecule has 0 aliphatic rings. The number of nitrogens with zero attached hydrogens (tertiary/aromatic N) is 1. The predicted octanol–water partition coefficient (Wildman–Crippen LogP) is 3.54. The number of carbonyl (C=O) groups is 1. The maximum absolute atomic E-state index is 13.7. The molecule has 1 N–H and O–H groups in total. The zero-order valence-corrected chi connectivity index (χ0v) is 11.5. The van der Waals surface area contributed by atoms with Gasteiger partial charge < -0.3 is 5.11 Å². The van der Waals surface area contributed by atoms with Crippen molar-refractivity contribution in [1.29, 1.82) is 0 Å². The first-order valence-corrected chi connectivity index (χ1v) is 6.90. The van der Waals surface area contributed by atoms with Gasteiger partial charge in [0.05, 0.1) is 22.1 Å². The van der Waals surface area contributed by atoms with Crippen LogP contribution in [0.3, 0.4) is 0 Å². The Bertz CT molecular complexity index is 600. The summed E-state index contributed by atoms with van der Waals surface area (Å²) in [7, 11) is 0. The summed E-state index contributed by atoms with van der Waals surface area (Å²) >= 11 is 7.11. The molecule has 0 radical (unpaired) electrons. The highest BCUT2D eigenvalue weighted by Gasteiger charge is 2.10. The zero-order chi connectivity index (χ0) is 13.8. The standard InChI is InChI=1S/C13H11ClFNO2S/c14-10-3-1-2-8(13(10)15)6-11-16-9(7-19-11)4-5-12(17)18/h1-3,7H,4-6H2,(H,17,18). The summed E-state index contributed by atoms with van der Waals surface area (Å²) in [5.74, 6) is -1.28. The van der Waals surface area contributed by atoms with Gasteiger partial charge in [0.1, 0.15) is 5.82 Å². The van der Waals surface area contributed by atoms with Gasteiger partial charge in [-0.2, -0.15) is 0 Å². The van der Waals surface area contributed by atoms with Gasteiger partial charge >= 0.3 is 5.97 Å². The number of carboxylic acids is 1. The third-order valence-corrected chi connectivity index (χ3v) is 3.76. The molecule has 0 bridgehead atoms. The number of halogens is 2. The van der Waals surface area contributed by atoms with E-state index in [9.17, 15) is 9.18 Å². The van der Waals surface area contributed by atoms with E-state index in [1.807, 2.05) is 0 Å². The van der Waals surface area contributed by atoms with Crippen molar-refractivity contribution in [3.8, 4) is 0 Å². The molecule has 0 saturated carbocycles. The molecule has 19 heavy (non-hydrogen) atoms. The second kappa shape index (κ2) is 6.12. The first-order chi connectivity index (χ1) is 9.06. The first kappa shape index (κ1) is 14.0. The van der Waals surface area contributed by atoms with Crippen LogP contribution in [0.25, 0.3) is 0 Å². The molecule has 0 saturated heterocycles. The van der Waals surface area contributed by atoms with Gasteiger partial charge in [-0.05, 0) is 11.6 Å². The highest BCUT2D eigenvalue weighted by molar-refractivity contribution is 7.09. The number of benzene rings is 1. The summed E-state index contributed by atoms with van der Waals surface area (Å²) in [5, 5.41) is 11.3. The average Bonchev–Trinajstić information content (AvgIpc) is 2.80. The molecular weight excluding hydrogens is 289 g/mol. The van der Waals surface area contributed by atoms with Gasteiger partial charge in [0.2, 0.25) is 0 Å². The lowest BCUT2D eigenvalue weighted by atomic mass is 10.1. The third-order valence-electron chi connectivity index (χ3n) is 2.57. The van der Waals surface area contributed by atoms with E-state index in [2.05, 4.69) is 4.98 Å². The maximum Gasteiger partial charge on any atom is 0.303 e. The Labute approximate surface area is 118 Å². The molecule has 100 valence electrons. The van der Waals surface area contributed by atoms with Crippen LogP contribution in [0.4, 0.5) is 4.39 Å². The largest absolute Gasteiger partial charge is 0.481 e. The minimum atomic E-state index is -0.851. The van der Waals surface area contributed by atoms with Crippen molar-refractivity contribution in [2.75, 3.05) is 0 Å². The van der Waals surface area contributed by atoms with E-state index in [4.69, 9.17) is 16.7 Å². The molecule has 3 nitrogen and oxygen atoms in total. The Morgan fingerprint density at radius 2 is 2.26 bits per heavy atom. The molecule has 1 heterocycles. The van der Waals surface area contributed by atoms with Gasteiger partial charge in [0.25, 0.3) is 0 Å². The second-order valence-corrected chi connectivity index (χ2v) is 5.37. The van der Waals surface area contributed by atoms with Crippen molar-refractivity contribution in [3.63, 3.8) is 0 Å². The van der Waals surface area contributed by atoms with E-state index in [1.54, 1.807) is 17.5 Å². The minimum absolute atomic E-state index is 0.0503. The summed E-state index contributed by atoms with van der Waals surface area (Å²) in [5.41, 5.74) is 1.22. The predicted molar refractivity (Wildman–Crippen MR) is 72.3 cm³/mol. The fourth-order valence-corrected chi connectivity index (χ4v) is 2.67. The average molecular weight is 300 g/mol. The molecule has 2 rings (SSSR count). The quantitative estimate of drug-likeness (QED) is 0.918. The van der Waals surface area contributed by atoms with Gasteiger partial charge in [-0.15, -0.1) is 11.3 Å². The van der Waals surface area contributed by atoms with E-state index in [0.29, 0.717) is 18.4 Å². The topological polar surface area (TPSA) is 50.2 Å². The number of aliphatic carboxylic acids is 1. The lowest BCUT2D eigenvalue weighted by molar-refractivity contribution is -0.136. The van der Waals surface area contributed by atoms with Crippen molar-refractivity contribution in [2.45, 2.75) is 19.3 Å². The van der Waals surface area contributed by atoms with Gasteiger partial charge in [0.15, 0.2) is 0 Å². The van der Waals surface area contributed by atoms with E-state index in [1.165, 1.54) is 17.4 Å². The number of hydrogen-bond acceptors (Lipinski definition) is 3. The van der Waals surface area contributed by atoms with Crippen LogP contribution in [0.2, 0.25) is 5.02 Å². The number of thiazole rings is 1. The molecule has 0 aliphatic heterocycles. The Kier molecular flexibility index (Phi) is 4.50. The van der Waals surface area contributed by atoms with Crippen molar-refractivity contribution < 1.29 is 14.3 Å². The summed E-state index contributed by atoms with van der Waals surface area (Å²) in [6, 6.07) is 4.86. The van der Waals surface area contributed by atoms with Crippen molar-refractivity contribution in [3.05, 3.63) is 50.7 Å². The van der Waals surface area contributed by atoms with Crippen LogP contribution >= 0.6 is 22.9 Å². The Morgan fingerprint density at radius 1 is 1.47 bits per heavy atom. The molecule has 6 heteroatoms. The molecule has 2 aromatic rings. The summed E-state index contributed by atoms with van der Waals surface area (Å²) in [4.78, 5) is 14.8. The van der Waals surface area contributed by atoms with Crippen LogP contribution in [-0.4, -0.2) is 16.1 Å². The monoisotopic (exact) mass is 299 g/mol. The van der Waals surface area contributed by atoms with Gasteiger partial charge in [0, 0.05) is 18.2 Å². The zero-order valence-electron chi connectivity index (χ0n) is 9.90. The van der Waals surface area contributed by atoms with Crippen LogP contribution in [0.15, 0.2) is 23.6 Å². The molecule has 0 aliphatic carbocycles. The van der Waals surface area contributed by atoms with Crippen molar-refractivity contribution in [2.24, 2.45) is 0 Å². The molecule has 0 atom stereocenters. The Hall–Kier alpha value is -1.46.